The van der Waals surface area contributed by atoms with Gasteiger partial charge in [-0.05, 0) is 36.4 Å². The zero-order valence-electron chi connectivity index (χ0n) is 16.7. The van der Waals surface area contributed by atoms with Crippen molar-refractivity contribution in [3.05, 3.63) is 60.9 Å². The first-order valence-electron chi connectivity index (χ1n) is 9.85. The highest BCUT2D eigenvalue weighted by atomic mass is 16.5. The minimum absolute atomic E-state index is 0.520. The number of ether oxygens (including phenoxy) is 2. The first-order valence-corrected chi connectivity index (χ1v) is 9.85. The van der Waals surface area contributed by atoms with Gasteiger partial charge in [0.2, 0.25) is 5.95 Å². The molecule has 0 aliphatic carbocycles. The molecule has 2 aromatic carbocycles. The molecule has 0 unspecified atom stereocenters. The fraction of sp³-hybridized carbons (Fsp3) is 0.227. The molecule has 1 N–H and O–H groups in total. The summed E-state index contributed by atoms with van der Waals surface area (Å²) in [7, 11) is 1.65. The minimum Gasteiger partial charge on any atom is -0.497 e. The Labute approximate surface area is 174 Å². The van der Waals surface area contributed by atoms with E-state index in [9.17, 15) is 0 Å². The molecule has 8 nitrogen and oxygen atoms in total. The van der Waals surface area contributed by atoms with E-state index < -0.39 is 0 Å². The first-order chi connectivity index (χ1) is 14.8. The zero-order valence-corrected chi connectivity index (χ0v) is 16.7. The average molecular weight is 402 g/mol. The molecular formula is C22H22N6O2. The largest absolute Gasteiger partial charge is 0.497 e. The molecular weight excluding hydrogens is 380 g/mol. The molecule has 5 rings (SSSR count). The van der Waals surface area contributed by atoms with Crippen molar-refractivity contribution in [1.29, 1.82) is 0 Å². The topological polar surface area (TPSA) is 77.3 Å². The van der Waals surface area contributed by atoms with Crippen LogP contribution in [0, 0.1) is 0 Å². The third-order valence-corrected chi connectivity index (χ3v) is 5.11. The highest BCUT2D eigenvalue weighted by Crippen LogP contribution is 2.23. The maximum absolute atomic E-state index is 5.42. The molecule has 4 aromatic rings. The molecule has 3 heterocycles. The van der Waals surface area contributed by atoms with Crippen molar-refractivity contribution in [3.8, 4) is 11.4 Å². The lowest BCUT2D eigenvalue weighted by molar-refractivity contribution is 0.122. The molecule has 1 fully saturated rings. The Morgan fingerprint density at radius 1 is 1.00 bits per heavy atom. The second kappa shape index (κ2) is 8.00. The van der Waals surface area contributed by atoms with Crippen LogP contribution in [0.25, 0.3) is 16.7 Å². The fourth-order valence-corrected chi connectivity index (χ4v) is 3.52. The molecule has 1 aliphatic rings. The molecule has 152 valence electrons. The van der Waals surface area contributed by atoms with E-state index in [0.29, 0.717) is 5.95 Å². The van der Waals surface area contributed by atoms with Crippen LogP contribution in [0.3, 0.4) is 0 Å². The monoisotopic (exact) mass is 402 g/mol. The van der Waals surface area contributed by atoms with Gasteiger partial charge in [-0.2, -0.15) is 10.1 Å². The maximum Gasteiger partial charge on any atom is 0.229 e. The maximum atomic E-state index is 5.42. The summed E-state index contributed by atoms with van der Waals surface area (Å²) >= 11 is 0. The molecule has 8 heteroatoms. The Morgan fingerprint density at radius 3 is 2.63 bits per heavy atom. The molecule has 0 saturated carbocycles. The lowest BCUT2D eigenvalue weighted by atomic mass is 10.2. The van der Waals surface area contributed by atoms with E-state index in [1.807, 2.05) is 36.4 Å². The second-order valence-corrected chi connectivity index (χ2v) is 7.00. The van der Waals surface area contributed by atoms with E-state index in [0.717, 1.165) is 54.5 Å². The van der Waals surface area contributed by atoms with Crippen LogP contribution in [0.1, 0.15) is 0 Å². The number of benzene rings is 2. The molecule has 0 radical (unpaired) electrons. The van der Waals surface area contributed by atoms with E-state index in [1.165, 1.54) is 5.69 Å². The predicted octanol–water partition coefficient (Wildman–Crippen LogP) is 3.40. The number of anilines is 3. The summed E-state index contributed by atoms with van der Waals surface area (Å²) < 4.78 is 12.5. The number of morpholine rings is 1. The highest BCUT2D eigenvalue weighted by Gasteiger charge is 2.12. The normalized spacial score (nSPS) is 14.1. The van der Waals surface area contributed by atoms with Crippen molar-refractivity contribution >= 4 is 28.4 Å². The van der Waals surface area contributed by atoms with Gasteiger partial charge in [0.05, 0.1) is 37.6 Å². The summed E-state index contributed by atoms with van der Waals surface area (Å²) in [5.41, 5.74) is 3.73. The van der Waals surface area contributed by atoms with Gasteiger partial charge < -0.3 is 19.7 Å². The van der Waals surface area contributed by atoms with Gasteiger partial charge in [0.15, 0.2) is 5.65 Å². The SMILES string of the molecule is COc1cccc(-n2ncc3cnc(Nc4ccc(N5CCOCC5)cc4)nc32)c1. The third kappa shape index (κ3) is 3.65. The quantitative estimate of drug-likeness (QED) is 0.548. The number of nitrogens with one attached hydrogen (secondary N) is 1. The summed E-state index contributed by atoms with van der Waals surface area (Å²) in [5, 5.41) is 8.62. The smallest absolute Gasteiger partial charge is 0.229 e. The van der Waals surface area contributed by atoms with Crippen molar-refractivity contribution in [2.75, 3.05) is 43.6 Å². The number of fused-ring (bicyclic) bond motifs is 1. The molecule has 1 saturated heterocycles. The van der Waals surface area contributed by atoms with Crippen LogP contribution in [-0.4, -0.2) is 53.2 Å². The first kappa shape index (κ1) is 18.4. The number of rotatable bonds is 5. The lowest BCUT2D eigenvalue weighted by Gasteiger charge is -2.28. The molecule has 2 aromatic heterocycles. The number of nitrogens with zero attached hydrogens (tertiary/aromatic N) is 5. The highest BCUT2D eigenvalue weighted by molar-refractivity contribution is 5.77. The summed E-state index contributed by atoms with van der Waals surface area (Å²) in [6, 6.07) is 16.0. The molecule has 1 aliphatic heterocycles. The molecule has 0 amide bonds. The Balaban J connectivity index is 1.39. The summed E-state index contributed by atoms with van der Waals surface area (Å²) in [5.74, 6) is 1.29. The van der Waals surface area contributed by atoms with Crippen LogP contribution in [0.5, 0.6) is 5.75 Å². The van der Waals surface area contributed by atoms with Gasteiger partial charge in [-0.25, -0.2) is 9.67 Å². The molecule has 0 bridgehead atoms. The van der Waals surface area contributed by atoms with Crippen LogP contribution in [0.2, 0.25) is 0 Å². The van der Waals surface area contributed by atoms with Gasteiger partial charge in [0, 0.05) is 36.7 Å². The summed E-state index contributed by atoms with van der Waals surface area (Å²) in [6.07, 6.45) is 3.53. The van der Waals surface area contributed by atoms with Crippen LogP contribution in [0.15, 0.2) is 60.9 Å². The lowest BCUT2D eigenvalue weighted by Crippen LogP contribution is -2.36. The molecule has 0 atom stereocenters. The number of hydrogen-bond acceptors (Lipinski definition) is 7. The van der Waals surface area contributed by atoms with E-state index in [1.54, 1.807) is 24.2 Å². The fourth-order valence-electron chi connectivity index (χ4n) is 3.52. The van der Waals surface area contributed by atoms with Gasteiger partial charge in [-0.1, -0.05) is 6.07 Å². The Morgan fingerprint density at radius 2 is 1.83 bits per heavy atom. The van der Waals surface area contributed by atoms with E-state index in [4.69, 9.17) is 9.47 Å². The zero-order chi connectivity index (χ0) is 20.3. The van der Waals surface area contributed by atoms with Crippen molar-refractivity contribution < 1.29 is 9.47 Å². The van der Waals surface area contributed by atoms with Gasteiger partial charge in [-0.3, -0.25) is 0 Å². The van der Waals surface area contributed by atoms with E-state index in [2.05, 4.69) is 37.4 Å². The Hall–Kier alpha value is -3.65. The van der Waals surface area contributed by atoms with Gasteiger partial charge in [0.1, 0.15) is 5.75 Å². The van der Waals surface area contributed by atoms with Gasteiger partial charge >= 0.3 is 0 Å². The van der Waals surface area contributed by atoms with Crippen molar-refractivity contribution in [3.63, 3.8) is 0 Å². The van der Waals surface area contributed by atoms with Crippen molar-refractivity contribution in [1.82, 2.24) is 19.7 Å². The van der Waals surface area contributed by atoms with Crippen molar-refractivity contribution in [2.45, 2.75) is 0 Å². The van der Waals surface area contributed by atoms with E-state index >= 15 is 0 Å². The minimum atomic E-state index is 0.520. The third-order valence-electron chi connectivity index (χ3n) is 5.11. The van der Waals surface area contributed by atoms with E-state index in [-0.39, 0.29) is 0 Å². The number of aromatic nitrogens is 4. The van der Waals surface area contributed by atoms with Crippen LogP contribution in [0.4, 0.5) is 17.3 Å². The predicted molar refractivity (Wildman–Crippen MR) is 116 cm³/mol. The van der Waals surface area contributed by atoms with Crippen LogP contribution in [-0.2, 0) is 4.74 Å². The summed E-state index contributed by atoms with van der Waals surface area (Å²) in [4.78, 5) is 11.4. The Bertz CT molecular complexity index is 1150. The number of methoxy groups -OCH3 is 1. The second-order valence-electron chi connectivity index (χ2n) is 7.00. The number of hydrogen-bond donors (Lipinski definition) is 1. The van der Waals surface area contributed by atoms with Gasteiger partial charge in [0.25, 0.3) is 0 Å². The van der Waals surface area contributed by atoms with Crippen LogP contribution >= 0.6 is 0 Å². The molecule has 30 heavy (non-hydrogen) atoms. The summed E-state index contributed by atoms with van der Waals surface area (Å²) in [6.45, 7) is 3.38. The Kier molecular flexibility index (Phi) is 4.90. The average Bonchev–Trinajstić information content (AvgIpc) is 3.23. The van der Waals surface area contributed by atoms with Crippen molar-refractivity contribution in [2.24, 2.45) is 0 Å². The van der Waals surface area contributed by atoms with Crippen LogP contribution < -0.4 is 15.0 Å². The molecule has 0 spiro atoms. The van der Waals surface area contributed by atoms with Gasteiger partial charge in [-0.15, -0.1) is 0 Å². The standard InChI is InChI=1S/C22H22N6O2/c1-29-20-4-2-3-19(13-20)28-21-16(15-24-28)14-23-22(26-21)25-17-5-7-18(8-6-17)27-9-11-30-12-10-27/h2-8,13-15H,9-12H2,1H3,(H,23,25,26).